The maximum Gasteiger partial charge on any atom is 0.125 e. The number of hydrogen-bond donors (Lipinski definition) is 2. The van der Waals surface area contributed by atoms with E-state index < -0.39 is 5.60 Å². The molecule has 0 bridgehead atoms. The molecule has 18 heavy (non-hydrogen) atoms. The predicted octanol–water partition coefficient (Wildman–Crippen LogP) is 2.19. The van der Waals surface area contributed by atoms with Crippen LogP contribution < -0.4 is 10.1 Å². The van der Waals surface area contributed by atoms with Crippen molar-refractivity contribution in [3.63, 3.8) is 0 Å². The number of nitrogens with one attached hydrogen (secondary N) is 1. The zero-order chi connectivity index (χ0) is 13.2. The van der Waals surface area contributed by atoms with E-state index in [-0.39, 0.29) is 0 Å². The summed E-state index contributed by atoms with van der Waals surface area (Å²) in [6.45, 7) is 6.77. The molecule has 2 rings (SSSR count). The van der Waals surface area contributed by atoms with Gasteiger partial charge in [-0.3, -0.25) is 0 Å². The fraction of sp³-hybridized carbons (Fsp3) is 0.600. The van der Waals surface area contributed by atoms with Crippen LogP contribution in [0.5, 0.6) is 5.75 Å². The second kappa shape index (κ2) is 5.29. The van der Waals surface area contributed by atoms with E-state index in [0.717, 1.165) is 16.9 Å². The lowest BCUT2D eigenvalue weighted by Crippen LogP contribution is -2.43. The van der Waals surface area contributed by atoms with Crippen LogP contribution in [0.2, 0.25) is 0 Å². The van der Waals surface area contributed by atoms with Crippen LogP contribution in [0.15, 0.2) is 18.2 Å². The van der Waals surface area contributed by atoms with Gasteiger partial charge in [-0.2, -0.15) is 0 Å². The Balaban J connectivity index is 1.88. The van der Waals surface area contributed by atoms with Gasteiger partial charge < -0.3 is 15.2 Å². The van der Waals surface area contributed by atoms with Gasteiger partial charge in [0.15, 0.2) is 0 Å². The van der Waals surface area contributed by atoms with Gasteiger partial charge in [0.2, 0.25) is 0 Å². The van der Waals surface area contributed by atoms with Crippen molar-refractivity contribution in [3.8, 4) is 5.75 Å². The Morgan fingerprint density at radius 2 is 1.94 bits per heavy atom. The van der Waals surface area contributed by atoms with Crippen LogP contribution >= 0.6 is 0 Å². The third-order valence-electron chi connectivity index (χ3n) is 3.29. The van der Waals surface area contributed by atoms with Crippen LogP contribution in [0.1, 0.15) is 30.9 Å². The lowest BCUT2D eigenvalue weighted by molar-refractivity contribution is 0.0116. The lowest BCUT2D eigenvalue weighted by atomic mass is 10.1. The summed E-state index contributed by atoms with van der Waals surface area (Å²) in [5.74, 6) is 0.893. The van der Waals surface area contributed by atoms with Gasteiger partial charge in [-0.15, -0.1) is 0 Å². The summed E-state index contributed by atoms with van der Waals surface area (Å²) in [7, 11) is 0. The van der Waals surface area contributed by atoms with Crippen molar-refractivity contribution in [2.45, 2.75) is 45.3 Å². The fourth-order valence-electron chi connectivity index (χ4n) is 1.96. The number of hydrogen-bond acceptors (Lipinski definition) is 3. The zero-order valence-corrected chi connectivity index (χ0v) is 11.5. The molecule has 1 aliphatic rings. The molecule has 3 heteroatoms. The van der Waals surface area contributed by atoms with Crippen LogP contribution in [0.4, 0.5) is 0 Å². The second-order valence-corrected chi connectivity index (χ2v) is 5.66. The van der Waals surface area contributed by atoms with Gasteiger partial charge in [0, 0.05) is 12.6 Å². The van der Waals surface area contributed by atoms with E-state index in [0.29, 0.717) is 19.2 Å². The Morgan fingerprint density at radius 3 is 2.50 bits per heavy atom. The average molecular weight is 249 g/mol. The van der Waals surface area contributed by atoms with Crippen LogP contribution in [0.25, 0.3) is 0 Å². The van der Waals surface area contributed by atoms with E-state index in [4.69, 9.17) is 4.74 Å². The molecule has 1 saturated carbocycles. The van der Waals surface area contributed by atoms with E-state index in [1.54, 1.807) is 0 Å². The van der Waals surface area contributed by atoms with Crippen LogP contribution in [-0.4, -0.2) is 29.9 Å². The predicted molar refractivity (Wildman–Crippen MR) is 73.1 cm³/mol. The molecule has 1 aliphatic carbocycles. The number of aryl methyl sites for hydroxylation is 2. The summed E-state index contributed by atoms with van der Waals surface area (Å²) in [6.07, 6.45) is 2.46. The molecule has 0 radical (unpaired) electrons. The van der Waals surface area contributed by atoms with Crippen LogP contribution in [-0.2, 0) is 0 Å². The number of para-hydroxylation sites is 1. The quantitative estimate of drug-likeness (QED) is 0.812. The molecular formula is C15H23NO2. The number of rotatable bonds is 6. The highest BCUT2D eigenvalue weighted by Crippen LogP contribution is 2.24. The minimum absolute atomic E-state index is 0.318. The highest BCUT2D eigenvalue weighted by atomic mass is 16.5. The third-order valence-corrected chi connectivity index (χ3v) is 3.29. The van der Waals surface area contributed by atoms with Crippen LogP contribution in [0, 0.1) is 13.8 Å². The fourth-order valence-corrected chi connectivity index (χ4v) is 1.96. The van der Waals surface area contributed by atoms with Gasteiger partial charge in [-0.1, -0.05) is 18.2 Å². The van der Waals surface area contributed by atoms with Crippen molar-refractivity contribution in [1.29, 1.82) is 0 Å². The zero-order valence-electron chi connectivity index (χ0n) is 11.5. The maximum atomic E-state index is 10.2. The van der Waals surface area contributed by atoms with Gasteiger partial charge >= 0.3 is 0 Å². The molecule has 3 nitrogen and oxygen atoms in total. The average Bonchev–Trinajstić information content (AvgIpc) is 3.09. The largest absolute Gasteiger partial charge is 0.490 e. The van der Waals surface area contributed by atoms with E-state index in [1.807, 2.05) is 39.0 Å². The minimum atomic E-state index is -0.822. The van der Waals surface area contributed by atoms with Crippen molar-refractivity contribution in [2.75, 3.05) is 13.2 Å². The molecule has 1 aromatic rings. The van der Waals surface area contributed by atoms with Crippen molar-refractivity contribution in [2.24, 2.45) is 0 Å². The van der Waals surface area contributed by atoms with Gasteiger partial charge in [0.1, 0.15) is 18.0 Å². The Labute approximate surface area is 109 Å². The normalized spacial score (nSPS) is 18.4. The molecule has 100 valence electrons. The van der Waals surface area contributed by atoms with Gasteiger partial charge in [0.25, 0.3) is 0 Å². The standard InChI is InChI=1S/C15H23NO2/c1-11-5-4-6-12(2)14(11)18-10-15(3,17)9-16-13-7-8-13/h4-6,13,16-17H,7-10H2,1-3H3. The second-order valence-electron chi connectivity index (χ2n) is 5.66. The maximum absolute atomic E-state index is 10.2. The SMILES string of the molecule is Cc1cccc(C)c1OCC(C)(O)CNC1CC1. The summed E-state index contributed by atoms with van der Waals surface area (Å²) >= 11 is 0. The molecule has 0 amide bonds. The molecule has 0 saturated heterocycles. The molecule has 0 spiro atoms. The Hall–Kier alpha value is -1.06. The van der Waals surface area contributed by atoms with Crippen molar-refractivity contribution in [1.82, 2.24) is 5.32 Å². The third kappa shape index (κ3) is 3.72. The first-order valence-corrected chi connectivity index (χ1v) is 6.63. The first-order chi connectivity index (χ1) is 8.48. The Kier molecular flexibility index (Phi) is 3.93. The van der Waals surface area contributed by atoms with E-state index in [1.165, 1.54) is 12.8 Å². The first kappa shape index (κ1) is 13.4. The molecule has 1 aromatic carbocycles. The monoisotopic (exact) mass is 249 g/mol. The van der Waals surface area contributed by atoms with Gasteiger partial charge in [0.05, 0.1) is 0 Å². The summed E-state index contributed by atoms with van der Waals surface area (Å²) in [6, 6.07) is 6.68. The van der Waals surface area contributed by atoms with Crippen molar-refractivity contribution in [3.05, 3.63) is 29.3 Å². The molecule has 1 unspecified atom stereocenters. The molecule has 1 atom stereocenters. The topological polar surface area (TPSA) is 41.5 Å². The van der Waals surface area contributed by atoms with Crippen molar-refractivity contribution < 1.29 is 9.84 Å². The summed E-state index contributed by atoms with van der Waals surface area (Å²) in [5.41, 5.74) is 1.40. The molecule has 2 N–H and O–H groups in total. The summed E-state index contributed by atoms with van der Waals surface area (Å²) in [5, 5.41) is 13.6. The van der Waals surface area contributed by atoms with E-state index in [9.17, 15) is 5.11 Å². The highest BCUT2D eigenvalue weighted by Gasteiger charge is 2.27. The van der Waals surface area contributed by atoms with Gasteiger partial charge in [-0.25, -0.2) is 0 Å². The highest BCUT2D eigenvalue weighted by molar-refractivity contribution is 5.39. The molecular weight excluding hydrogens is 226 g/mol. The van der Waals surface area contributed by atoms with E-state index >= 15 is 0 Å². The smallest absolute Gasteiger partial charge is 0.125 e. The Morgan fingerprint density at radius 1 is 1.33 bits per heavy atom. The van der Waals surface area contributed by atoms with Crippen molar-refractivity contribution >= 4 is 0 Å². The molecule has 0 aromatic heterocycles. The van der Waals surface area contributed by atoms with Crippen LogP contribution in [0.3, 0.4) is 0 Å². The lowest BCUT2D eigenvalue weighted by Gasteiger charge is -2.25. The first-order valence-electron chi connectivity index (χ1n) is 6.63. The minimum Gasteiger partial charge on any atom is -0.490 e. The number of aliphatic hydroxyl groups is 1. The molecule has 0 aliphatic heterocycles. The van der Waals surface area contributed by atoms with Gasteiger partial charge in [-0.05, 0) is 44.7 Å². The summed E-state index contributed by atoms with van der Waals surface area (Å²) in [4.78, 5) is 0. The Bertz CT molecular complexity index is 391. The number of ether oxygens (including phenoxy) is 1. The number of benzene rings is 1. The molecule has 0 heterocycles. The van der Waals surface area contributed by atoms with E-state index in [2.05, 4.69) is 5.32 Å². The summed E-state index contributed by atoms with van der Waals surface area (Å²) < 4.78 is 5.80. The molecule has 1 fully saturated rings.